The molecule has 168 valence electrons. The molecule has 0 bridgehead atoms. The van der Waals surface area contributed by atoms with Gasteiger partial charge in [0.05, 0.1) is 13.2 Å². The van der Waals surface area contributed by atoms with E-state index in [1.807, 2.05) is 68.6 Å². The van der Waals surface area contributed by atoms with Crippen LogP contribution in [-0.4, -0.2) is 23.6 Å². The fourth-order valence-electron chi connectivity index (χ4n) is 3.75. The summed E-state index contributed by atoms with van der Waals surface area (Å²) in [7, 11) is 2.04. The Kier molecular flexibility index (Phi) is 7.33. The van der Waals surface area contributed by atoms with Gasteiger partial charge in [0.1, 0.15) is 5.82 Å². The Labute approximate surface area is 196 Å². The summed E-state index contributed by atoms with van der Waals surface area (Å²) in [5.74, 6) is 1.47. The number of aryl methyl sites for hydroxylation is 2. The van der Waals surface area contributed by atoms with E-state index in [0.29, 0.717) is 19.2 Å². The van der Waals surface area contributed by atoms with Crippen LogP contribution in [0.1, 0.15) is 22.4 Å². The van der Waals surface area contributed by atoms with Gasteiger partial charge in [-0.25, -0.2) is 4.98 Å². The molecule has 0 aliphatic carbocycles. The number of nitrogens with one attached hydrogen (secondary N) is 1. The zero-order valence-corrected chi connectivity index (χ0v) is 19.5. The van der Waals surface area contributed by atoms with E-state index in [1.165, 1.54) is 5.56 Å². The van der Waals surface area contributed by atoms with Gasteiger partial charge in [-0.15, -0.1) is 0 Å². The first-order chi connectivity index (χ1) is 16.1. The minimum absolute atomic E-state index is 0.591. The van der Waals surface area contributed by atoms with E-state index in [1.54, 1.807) is 0 Å². The second-order valence-electron chi connectivity index (χ2n) is 8.06. The van der Waals surface area contributed by atoms with Gasteiger partial charge in [0, 0.05) is 36.1 Å². The van der Waals surface area contributed by atoms with Crippen LogP contribution in [0.25, 0.3) is 0 Å². The Morgan fingerprint density at radius 3 is 2.21 bits per heavy atom. The third-order valence-corrected chi connectivity index (χ3v) is 5.65. The van der Waals surface area contributed by atoms with Crippen molar-refractivity contribution in [2.24, 2.45) is 0 Å². The summed E-state index contributed by atoms with van der Waals surface area (Å²) in [6.07, 6.45) is 0.732. The molecule has 1 heterocycles. The number of anilines is 4. The minimum atomic E-state index is 0.591. The SMILES string of the molecule is Cc1ccccc1Nc1nc(C)c(CCOCc2ccccc2)c(N(C)c2ccccc2)n1. The molecule has 5 heteroatoms. The van der Waals surface area contributed by atoms with Gasteiger partial charge in [0.25, 0.3) is 0 Å². The van der Waals surface area contributed by atoms with Crippen molar-refractivity contribution in [3.8, 4) is 0 Å². The number of aromatic nitrogens is 2. The molecular formula is C28H30N4O. The Morgan fingerprint density at radius 1 is 0.818 bits per heavy atom. The third kappa shape index (κ3) is 5.76. The number of para-hydroxylation sites is 2. The highest BCUT2D eigenvalue weighted by Gasteiger charge is 2.17. The summed E-state index contributed by atoms with van der Waals surface area (Å²) in [6.45, 7) is 5.31. The summed E-state index contributed by atoms with van der Waals surface area (Å²) in [5.41, 5.74) is 6.43. The maximum atomic E-state index is 5.97. The smallest absolute Gasteiger partial charge is 0.229 e. The van der Waals surface area contributed by atoms with Crippen LogP contribution >= 0.6 is 0 Å². The lowest BCUT2D eigenvalue weighted by atomic mass is 10.1. The molecule has 0 atom stereocenters. The second kappa shape index (κ2) is 10.7. The van der Waals surface area contributed by atoms with Gasteiger partial charge < -0.3 is 15.0 Å². The van der Waals surface area contributed by atoms with E-state index in [4.69, 9.17) is 14.7 Å². The predicted molar refractivity (Wildman–Crippen MR) is 136 cm³/mol. The van der Waals surface area contributed by atoms with Crippen LogP contribution in [-0.2, 0) is 17.8 Å². The quantitative estimate of drug-likeness (QED) is 0.308. The molecule has 0 saturated carbocycles. The Balaban J connectivity index is 1.59. The second-order valence-corrected chi connectivity index (χ2v) is 8.06. The van der Waals surface area contributed by atoms with E-state index in [2.05, 4.69) is 47.5 Å². The molecule has 0 spiro atoms. The first kappa shape index (κ1) is 22.5. The number of hydrogen-bond donors (Lipinski definition) is 1. The molecule has 0 fully saturated rings. The maximum absolute atomic E-state index is 5.97. The molecular weight excluding hydrogens is 408 g/mol. The molecule has 0 amide bonds. The Bertz CT molecular complexity index is 1180. The van der Waals surface area contributed by atoms with E-state index in [9.17, 15) is 0 Å². The summed E-state index contributed by atoms with van der Waals surface area (Å²) >= 11 is 0. The molecule has 0 radical (unpaired) electrons. The van der Waals surface area contributed by atoms with Gasteiger partial charge in [-0.3, -0.25) is 0 Å². The molecule has 4 rings (SSSR count). The fourth-order valence-corrected chi connectivity index (χ4v) is 3.75. The van der Waals surface area contributed by atoms with Crippen LogP contribution in [0, 0.1) is 13.8 Å². The molecule has 1 N–H and O–H groups in total. The van der Waals surface area contributed by atoms with E-state index < -0.39 is 0 Å². The van der Waals surface area contributed by atoms with E-state index in [-0.39, 0.29) is 0 Å². The minimum Gasteiger partial charge on any atom is -0.376 e. The zero-order chi connectivity index (χ0) is 23.0. The van der Waals surface area contributed by atoms with Gasteiger partial charge >= 0.3 is 0 Å². The van der Waals surface area contributed by atoms with Crippen molar-refractivity contribution >= 4 is 23.1 Å². The monoisotopic (exact) mass is 438 g/mol. The van der Waals surface area contributed by atoms with Gasteiger partial charge in [-0.05, 0) is 43.2 Å². The molecule has 0 aliphatic rings. The number of rotatable bonds is 9. The van der Waals surface area contributed by atoms with Gasteiger partial charge in [0.2, 0.25) is 5.95 Å². The largest absolute Gasteiger partial charge is 0.376 e. The van der Waals surface area contributed by atoms with Crippen molar-refractivity contribution in [2.75, 3.05) is 23.9 Å². The number of nitrogens with zero attached hydrogens (tertiary/aromatic N) is 3. The summed E-state index contributed by atoms with van der Waals surface area (Å²) < 4.78 is 5.97. The van der Waals surface area contributed by atoms with Crippen molar-refractivity contribution in [3.63, 3.8) is 0 Å². The van der Waals surface area contributed by atoms with Crippen LogP contribution in [0.15, 0.2) is 84.9 Å². The van der Waals surface area contributed by atoms with Crippen LogP contribution < -0.4 is 10.2 Å². The van der Waals surface area contributed by atoms with Crippen molar-refractivity contribution in [2.45, 2.75) is 26.9 Å². The van der Waals surface area contributed by atoms with Crippen LogP contribution in [0.3, 0.4) is 0 Å². The van der Waals surface area contributed by atoms with Crippen molar-refractivity contribution in [3.05, 3.63) is 107 Å². The van der Waals surface area contributed by atoms with Gasteiger partial charge in [-0.1, -0.05) is 66.7 Å². The summed E-state index contributed by atoms with van der Waals surface area (Å²) in [5, 5.41) is 3.40. The highest BCUT2D eigenvalue weighted by molar-refractivity contribution is 5.66. The van der Waals surface area contributed by atoms with Crippen molar-refractivity contribution in [1.82, 2.24) is 9.97 Å². The zero-order valence-electron chi connectivity index (χ0n) is 19.5. The predicted octanol–water partition coefficient (Wildman–Crippen LogP) is 6.36. The Hall–Kier alpha value is -3.70. The maximum Gasteiger partial charge on any atom is 0.229 e. The van der Waals surface area contributed by atoms with Gasteiger partial charge in [-0.2, -0.15) is 4.98 Å². The fraction of sp³-hybridized carbons (Fsp3) is 0.214. The topological polar surface area (TPSA) is 50.3 Å². The third-order valence-electron chi connectivity index (χ3n) is 5.65. The average molecular weight is 439 g/mol. The Morgan fingerprint density at radius 2 is 1.48 bits per heavy atom. The molecule has 33 heavy (non-hydrogen) atoms. The first-order valence-electron chi connectivity index (χ1n) is 11.2. The van der Waals surface area contributed by atoms with Crippen LogP contribution in [0.4, 0.5) is 23.1 Å². The molecule has 0 saturated heterocycles. The lowest BCUT2D eigenvalue weighted by Crippen LogP contribution is -2.17. The molecule has 4 aromatic rings. The van der Waals surface area contributed by atoms with Crippen LogP contribution in [0.5, 0.6) is 0 Å². The van der Waals surface area contributed by atoms with Crippen molar-refractivity contribution in [1.29, 1.82) is 0 Å². The van der Waals surface area contributed by atoms with E-state index >= 15 is 0 Å². The molecule has 0 unspecified atom stereocenters. The molecule has 1 aromatic heterocycles. The standard InChI is InChI=1S/C28H30N4O/c1-21-12-10-11-17-26(21)30-28-29-22(2)25(18-19-33-20-23-13-6-4-7-14-23)27(31-28)32(3)24-15-8-5-9-16-24/h4-17H,18-20H2,1-3H3,(H,29,30,31). The first-order valence-corrected chi connectivity index (χ1v) is 11.2. The summed E-state index contributed by atoms with van der Waals surface area (Å²) in [4.78, 5) is 11.8. The average Bonchev–Trinajstić information content (AvgIpc) is 2.85. The number of benzene rings is 3. The van der Waals surface area contributed by atoms with Gasteiger partial charge in [0.15, 0.2) is 0 Å². The molecule has 5 nitrogen and oxygen atoms in total. The van der Waals surface area contributed by atoms with Crippen molar-refractivity contribution < 1.29 is 4.74 Å². The summed E-state index contributed by atoms with van der Waals surface area (Å²) in [6, 6.07) is 28.7. The number of ether oxygens (including phenoxy) is 1. The lowest BCUT2D eigenvalue weighted by Gasteiger charge is -2.23. The van der Waals surface area contributed by atoms with Crippen LogP contribution in [0.2, 0.25) is 0 Å². The highest BCUT2D eigenvalue weighted by Crippen LogP contribution is 2.29. The van der Waals surface area contributed by atoms with E-state index in [0.717, 1.165) is 40.4 Å². The highest BCUT2D eigenvalue weighted by atomic mass is 16.5. The lowest BCUT2D eigenvalue weighted by molar-refractivity contribution is 0.123. The molecule has 3 aromatic carbocycles. The molecule has 0 aliphatic heterocycles. The normalized spacial score (nSPS) is 10.8. The number of hydrogen-bond acceptors (Lipinski definition) is 5.